The number of fused-ring (bicyclic) bond motifs is 10. The van der Waals surface area contributed by atoms with Crippen LogP contribution in [0.3, 0.4) is 0 Å². The second-order valence-electron chi connectivity index (χ2n) is 16.5. The second-order valence-corrected chi connectivity index (χ2v) is 20.8. The maximum absolute atomic E-state index is 9.56. The van der Waals surface area contributed by atoms with Gasteiger partial charge < -0.3 is 8.80 Å². The van der Waals surface area contributed by atoms with Gasteiger partial charge in [-0.3, -0.25) is 0 Å². The summed E-state index contributed by atoms with van der Waals surface area (Å²) in [4.78, 5) is 3.64. The molecular formula is C58H28N6S4. The van der Waals surface area contributed by atoms with E-state index in [4.69, 9.17) is 6.57 Å². The molecule has 0 fully saturated rings. The number of hydrogen-bond acceptors (Lipinski definition) is 7. The maximum atomic E-state index is 9.56. The smallest absolute Gasteiger partial charge is 0.187 e. The Morgan fingerprint density at radius 3 is 0.838 bits per heavy atom. The summed E-state index contributed by atoms with van der Waals surface area (Å²) in [6.07, 6.45) is 0. The van der Waals surface area contributed by atoms with Crippen molar-refractivity contribution < 1.29 is 0 Å². The van der Waals surface area contributed by atoms with E-state index in [-0.39, 0.29) is 0 Å². The quantitative estimate of drug-likeness (QED) is 0.100. The molecule has 0 bridgehead atoms. The van der Waals surface area contributed by atoms with E-state index in [1.807, 2.05) is 142 Å². The minimum atomic E-state index is 0.614. The van der Waals surface area contributed by atoms with Crippen LogP contribution >= 0.6 is 45.3 Å². The maximum Gasteiger partial charge on any atom is 0.187 e. The minimum Gasteiger partial charge on any atom is -0.305 e. The van der Waals surface area contributed by atoms with Crippen molar-refractivity contribution in [2.45, 2.75) is 0 Å². The van der Waals surface area contributed by atoms with Gasteiger partial charge in [-0.15, -0.1) is 45.3 Å². The van der Waals surface area contributed by atoms with E-state index in [1.165, 1.54) is 29.8 Å². The Balaban J connectivity index is 1.19. The lowest BCUT2D eigenvalue weighted by molar-refractivity contribution is 1.33. The minimum absolute atomic E-state index is 0.614. The summed E-state index contributed by atoms with van der Waals surface area (Å²) in [6, 6.07) is 64.9. The summed E-state index contributed by atoms with van der Waals surface area (Å²) < 4.78 is 14.3. The van der Waals surface area contributed by atoms with Crippen molar-refractivity contribution in [1.82, 2.24) is 8.80 Å². The highest BCUT2D eigenvalue weighted by atomic mass is 32.1. The molecule has 4 aromatic heterocycles. The normalized spacial score (nSPS) is 11.5. The van der Waals surface area contributed by atoms with Gasteiger partial charge in [-0.1, -0.05) is 84.9 Å². The SMILES string of the molecule is [C-]#[N+]c1ccc(-c2ccc3c(c2)sc2c4sc5cc(-c6ccc(C#N)cc6)ccc5n5c6ccc(-c7ccc(C#N)cc7)cc6sc(c6sc7cc(-c8ccc(C#N)cc8)ccc7n3c62)c45)cc1. The van der Waals surface area contributed by atoms with Crippen LogP contribution in [0.15, 0.2) is 170 Å². The molecule has 314 valence electrons. The first-order valence-electron chi connectivity index (χ1n) is 21.6. The van der Waals surface area contributed by atoms with Gasteiger partial charge in [0, 0.05) is 0 Å². The first-order chi connectivity index (χ1) is 33.5. The summed E-state index contributed by atoms with van der Waals surface area (Å²) in [5.41, 5.74) is 17.8. The molecule has 13 rings (SSSR count). The molecule has 0 saturated carbocycles. The third-order valence-electron chi connectivity index (χ3n) is 12.7. The van der Waals surface area contributed by atoms with Gasteiger partial charge in [-0.2, -0.15) is 15.8 Å². The molecule has 9 aromatic carbocycles. The number of nitriles is 3. The average Bonchev–Trinajstić information content (AvgIpc) is 3.41. The molecule has 10 heteroatoms. The molecule has 0 atom stereocenters. The molecule has 0 N–H and O–H groups in total. The standard InChI is InChI=1S/C58H28N6S4/c1-62-44-20-14-39(15-21-44)43-19-25-48-52(29-43)68-58-54-56(66-51-28-42(18-24-47(51)64(48)54)38-12-6-35(32-61)7-13-38)55-53-57(58)67-50-27-41(37-10-4-34(31-60)5-11-37)17-23-46(50)63(53)45-22-16-40(26-49(45)65-55)36-8-2-33(30-59)3-9-36/h2-29H. The first kappa shape index (κ1) is 39.8. The number of hydrogen-bond donors (Lipinski definition) is 0. The van der Waals surface area contributed by atoms with Crippen LogP contribution < -0.4 is 0 Å². The zero-order valence-corrected chi connectivity index (χ0v) is 38.7. The lowest BCUT2D eigenvalue weighted by Gasteiger charge is -2.21. The fourth-order valence-corrected chi connectivity index (χ4v) is 14.6. The van der Waals surface area contributed by atoms with Crippen LogP contribution in [0.25, 0.3) is 120 Å². The highest BCUT2D eigenvalue weighted by Crippen LogP contribution is 2.50. The van der Waals surface area contributed by atoms with Crippen molar-refractivity contribution in [1.29, 1.82) is 15.8 Å². The van der Waals surface area contributed by atoms with Gasteiger partial charge in [0.2, 0.25) is 0 Å². The Hall–Kier alpha value is -8.58. The number of benzene rings is 9. The molecule has 0 radical (unpaired) electrons. The number of rotatable bonds is 4. The molecule has 0 unspecified atom stereocenters. The molecule has 13 aromatic rings. The molecule has 4 heterocycles. The monoisotopic (exact) mass is 936 g/mol. The van der Waals surface area contributed by atoms with E-state index < -0.39 is 0 Å². The summed E-state index contributed by atoms with van der Waals surface area (Å²) in [5.74, 6) is 0. The van der Waals surface area contributed by atoms with Crippen LogP contribution in [0.1, 0.15) is 16.7 Å². The van der Waals surface area contributed by atoms with E-state index in [1.54, 1.807) is 0 Å². The molecule has 0 aliphatic heterocycles. The van der Waals surface area contributed by atoms with Crippen molar-refractivity contribution >= 4 is 122 Å². The van der Waals surface area contributed by atoms with Gasteiger partial charge in [-0.05, 0) is 129 Å². The van der Waals surface area contributed by atoms with E-state index in [2.05, 4.69) is 105 Å². The molecular weight excluding hydrogens is 909 g/mol. The van der Waals surface area contributed by atoms with Crippen LogP contribution in [-0.4, -0.2) is 8.80 Å². The lowest BCUT2D eigenvalue weighted by atomic mass is 10.0. The molecule has 68 heavy (non-hydrogen) atoms. The van der Waals surface area contributed by atoms with E-state index >= 15 is 0 Å². The van der Waals surface area contributed by atoms with Crippen LogP contribution in [0, 0.1) is 40.6 Å². The topological polar surface area (TPSA) is 84.5 Å². The van der Waals surface area contributed by atoms with Gasteiger partial charge >= 0.3 is 0 Å². The molecule has 6 nitrogen and oxygen atoms in total. The fourth-order valence-electron chi connectivity index (χ4n) is 9.38. The zero-order chi connectivity index (χ0) is 45.6. The van der Waals surface area contributed by atoms with E-state index in [0.717, 1.165) is 85.4 Å². The first-order valence-corrected chi connectivity index (χ1v) is 24.8. The molecule has 0 amide bonds. The number of nitrogens with zero attached hydrogens (tertiary/aromatic N) is 6. The Morgan fingerprint density at radius 2 is 0.588 bits per heavy atom. The molecule has 0 saturated heterocycles. The largest absolute Gasteiger partial charge is 0.305 e. The predicted octanol–water partition coefficient (Wildman–Crippen LogP) is 17.3. The fraction of sp³-hybridized carbons (Fsp3) is 0. The average molecular weight is 937 g/mol. The Morgan fingerprint density at radius 1 is 0.338 bits per heavy atom. The van der Waals surface area contributed by atoms with Crippen molar-refractivity contribution in [2.24, 2.45) is 0 Å². The van der Waals surface area contributed by atoms with Crippen molar-refractivity contribution in [3.05, 3.63) is 198 Å². The van der Waals surface area contributed by atoms with E-state index in [9.17, 15) is 15.8 Å². The zero-order valence-electron chi connectivity index (χ0n) is 35.5. The Bertz CT molecular complexity index is 3930. The summed E-state index contributed by atoms with van der Waals surface area (Å²) in [6.45, 7) is 7.53. The van der Waals surface area contributed by atoms with E-state index in [0.29, 0.717) is 22.4 Å². The van der Waals surface area contributed by atoms with Gasteiger partial charge in [0.25, 0.3) is 0 Å². The Kier molecular flexibility index (Phi) is 9.07. The predicted molar refractivity (Wildman–Crippen MR) is 285 cm³/mol. The third-order valence-corrected chi connectivity index (χ3v) is 17.6. The summed E-state index contributed by atoms with van der Waals surface area (Å²) in [5, 5.41) is 28.7. The molecule has 0 spiro atoms. The molecule has 0 aliphatic carbocycles. The van der Waals surface area contributed by atoms with Gasteiger partial charge in [-0.25, -0.2) is 4.85 Å². The van der Waals surface area contributed by atoms with Crippen LogP contribution in [0.5, 0.6) is 0 Å². The van der Waals surface area contributed by atoms with Gasteiger partial charge in [0.15, 0.2) is 5.69 Å². The summed E-state index contributed by atoms with van der Waals surface area (Å²) in [7, 11) is 0. The van der Waals surface area contributed by atoms with Gasteiger partial charge in [0.1, 0.15) is 0 Å². The summed E-state index contributed by atoms with van der Waals surface area (Å²) >= 11 is 7.30. The van der Waals surface area contributed by atoms with Crippen molar-refractivity contribution in [3.8, 4) is 62.7 Å². The van der Waals surface area contributed by atoms with Crippen molar-refractivity contribution in [2.75, 3.05) is 0 Å². The Labute approximate surface area is 404 Å². The third kappa shape index (κ3) is 6.22. The lowest BCUT2D eigenvalue weighted by Crippen LogP contribution is -1.99. The van der Waals surface area contributed by atoms with Crippen LogP contribution in [0.2, 0.25) is 0 Å². The second kappa shape index (κ2) is 15.5. The van der Waals surface area contributed by atoms with Gasteiger partial charge in [0.05, 0.1) is 112 Å². The van der Waals surface area contributed by atoms with Crippen molar-refractivity contribution in [3.63, 3.8) is 0 Å². The highest BCUT2D eigenvalue weighted by molar-refractivity contribution is 7.36. The van der Waals surface area contributed by atoms with Crippen LogP contribution in [-0.2, 0) is 0 Å². The highest BCUT2D eigenvalue weighted by Gasteiger charge is 2.23. The number of aromatic nitrogens is 2. The van der Waals surface area contributed by atoms with Crippen LogP contribution in [0.4, 0.5) is 5.69 Å². The molecule has 0 aliphatic rings.